The number of hydrogen-bond acceptors (Lipinski definition) is 2. The van der Waals surface area contributed by atoms with Crippen molar-refractivity contribution in [2.75, 3.05) is 6.26 Å². The summed E-state index contributed by atoms with van der Waals surface area (Å²) in [7, 11) is 0. The molecule has 1 aromatic rings. The number of aryl methyl sites for hydroxylation is 1. The van der Waals surface area contributed by atoms with Crippen molar-refractivity contribution in [1.82, 2.24) is 0 Å². The molecule has 0 unspecified atom stereocenters. The van der Waals surface area contributed by atoms with Gasteiger partial charge in [0.05, 0.1) is 0 Å². The van der Waals surface area contributed by atoms with Crippen molar-refractivity contribution in [2.45, 2.75) is 12.8 Å². The Morgan fingerprint density at radius 3 is 3.08 bits per heavy atom. The topological polar surface area (TPSA) is 0 Å². The van der Waals surface area contributed by atoms with Gasteiger partial charge in [0.2, 0.25) is 0 Å². The van der Waals surface area contributed by atoms with E-state index in [0.717, 1.165) is 6.42 Å². The molecule has 1 aromatic heterocycles. The lowest BCUT2D eigenvalue weighted by Gasteiger charge is -2.16. The zero-order valence-electron chi connectivity index (χ0n) is 7.67. The molecule has 0 spiro atoms. The van der Waals surface area contributed by atoms with E-state index in [0.29, 0.717) is 0 Å². The van der Waals surface area contributed by atoms with Gasteiger partial charge >= 0.3 is 0 Å². The van der Waals surface area contributed by atoms with Crippen molar-refractivity contribution in [3.63, 3.8) is 0 Å². The molecule has 0 aromatic carbocycles. The number of thiophene rings is 1. The molecular formula is C11H12S2. The van der Waals surface area contributed by atoms with Gasteiger partial charge in [0.25, 0.3) is 0 Å². The molecule has 2 rings (SSSR count). The summed E-state index contributed by atoms with van der Waals surface area (Å²) in [6.07, 6.45) is 6.50. The van der Waals surface area contributed by atoms with E-state index in [9.17, 15) is 0 Å². The van der Waals surface area contributed by atoms with Gasteiger partial charge in [-0.3, -0.25) is 0 Å². The maximum Gasteiger partial charge on any atom is 0.0441 e. The third-order valence-electron chi connectivity index (χ3n) is 2.36. The first-order valence-electron chi connectivity index (χ1n) is 4.33. The normalized spacial score (nSPS) is 15.8. The lowest BCUT2D eigenvalue weighted by molar-refractivity contribution is 0.958. The van der Waals surface area contributed by atoms with E-state index in [1.54, 1.807) is 0 Å². The van der Waals surface area contributed by atoms with E-state index < -0.39 is 0 Å². The smallest absolute Gasteiger partial charge is 0.0441 e. The molecule has 1 heterocycles. The van der Waals surface area contributed by atoms with Crippen LogP contribution < -0.4 is 0 Å². The van der Waals surface area contributed by atoms with Crippen LogP contribution in [0.25, 0.3) is 4.91 Å². The van der Waals surface area contributed by atoms with Crippen molar-refractivity contribution >= 4 is 28.0 Å². The molecule has 0 fully saturated rings. The summed E-state index contributed by atoms with van der Waals surface area (Å²) >= 11 is 3.70. The Hall–Kier alpha value is -0.470. The zero-order chi connectivity index (χ0) is 9.26. The van der Waals surface area contributed by atoms with Crippen LogP contribution in [0.3, 0.4) is 0 Å². The van der Waals surface area contributed by atoms with Crippen molar-refractivity contribution in [3.05, 3.63) is 40.1 Å². The first-order valence-corrected chi connectivity index (χ1v) is 6.43. The predicted molar refractivity (Wildman–Crippen MR) is 63.3 cm³/mol. The van der Waals surface area contributed by atoms with Gasteiger partial charge in [-0.15, -0.1) is 23.1 Å². The van der Waals surface area contributed by atoms with E-state index in [1.165, 1.54) is 27.3 Å². The maximum atomic E-state index is 3.87. The largest absolute Gasteiger partial charge is 0.143 e. The number of hydrogen-bond donors (Lipinski definition) is 0. The van der Waals surface area contributed by atoms with Gasteiger partial charge in [0.1, 0.15) is 0 Å². The number of fused-ring (bicyclic) bond motifs is 1. The molecule has 0 bridgehead atoms. The molecule has 0 saturated heterocycles. The molecule has 13 heavy (non-hydrogen) atoms. The van der Waals surface area contributed by atoms with E-state index >= 15 is 0 Å². The number of allylic oxidation sites excluding steroid dienone is 2. The molecule has 1 aliphatic rings. The van der Waals surface area contributed by atoms with Crippen LogP contribution in [-0.2, 0) is 6.42 Å². The van der Waals surface area contributed by atoms with Crippen LogP contribution in [0.15, 0.2) is 29.7 Å². The van der Waals surface area contributed by atoms with Crippen molar-refractivity contribution in [1.29, 1.82) is 0 Å². The fourth-order valence-electron chi connectivity index (χ4n) is 1.68. The maximum absolute atomic E-state index is 3.87. The third-order valence-corrected chi connectivity index (χ3v) is 4.34. The molecule has 2 heteroatoms. The summed E-state index contributed by atoms with van der Waals surface area (Å²) in [5.41, 5.74) is 2.93. The minimum Gasteiger partial charge on any atom is -0.143 e. The average molecular weight is 208 g/mol. The Morgan fingerprint density at radius 1 is 1.54 bits per heavy atom. The highest BCUT2D eigenvalue weighted by molar-refractivity contribution is 8.07. The first-order chi connectivity index (χ1) is 6.36. The van der Waals surface area contributed by atoms with Gasteiger partial charge in [0, 0.05) is 9.78 Å². The summed E-state index contributed by atoms with van der Waals surface area (Å²) in [6, 6.07) is 2.25. The third kappa shape index (κ3) is 1.49. The fourth-order valence-corrected chi connectivity index (χ4v) is 3.77. The molecule has 0 aliphatic heterocycles. The van der Waals surface area contributed by atoms with Gasteiger partial charge in [-0.2, -0.15) is 0 Å². The quantitative estimate of drug-likeness (QED) is 0.709. The van der Waals surface area contributed by atoms with Crippen LogP contribution >= 0.6 is 23.1 Å². The number of rotatable bonds is 2. The second-order valence-corrected chi connectivity index (χ2v) is 4.77. The van der Waals surface area contributed by atoms with Gasteiger partial charge in [-0.05, 0) is 41.7 Å². The molecule has 68 valence electrons. The Labute approximate surface area is 87.4 Å². The van der Waals surface area contributed by atoms with Gasteiger partial charge < -0.3 is 0 Å². The highest BCUT2D eigenvalue weighted by Gasteiger charge is 2.17. The predicted octanol–water partition coefficient (Wildman–Crippen LogP) is 3.95. The second kappa shape index (κ2) is 3.72. The van der Waals surface area contributed by atoms with Crippen LogP contribution in [0.1, 0.15) is 16.9 Å². The summed E-state index contributed by atoms with van der Waals surface area (Å²) in [5, 5.41) is 2.19. The Kier molecular flexibility index (Phi) is 2.61. The molecule has 0 nitrogen and oxygen atoms in total. The monoisotopic (exact) mass is 208 g/mol. The van der Waals surface area contributed by atoms with Crippen LogP contribution in [0.2, 0.25) is 0 Å². The van der Waals surface area contributed by atoms with Crippen LogP contribution in [0, 0.1) is 0 Å². The van der Waals surface area contributed by atoms with E-state index in [-0.39, 0.29) is 0 Å². The van der Waals surface area contributed by atoms with Gasteiger partial charge in [-0.25, -0.2) is 0 Å². The molecule has 0 atom stereocenters. The summed E-state index contributed by atoms with van der Waals surface area (Å²) in [4.78, 5) is 2.90. The zero-order valence-corrected chi connectivity index (χ0v) is 9.30. The molecule has 0 amide bonds. The molecule has 0 N–H and O–H groups in total. The van der Waals surface area contributed by atoms with Crippen LogP contribution in [0.4, 0.5) is 0 Å². The highest BCUT2D eigenvalue weighted by atomic mass is 32.2. The minimum atomic E-state index is 1.16. The van der Waals surface area contributed by atoms with E-state index in [1.807, 2.05) is 29.2 Å². The molecule has 0 radical (unpaired) electrons. The van der Waals surface area contributed by atoms with Crippen LogP contribution in [-0.4, -0.2) is 6.26 Å². The molecule has 1 aliphatic carbocycles. The average Bonchev–Trinajstić information content (AvgIpc) is 2.63. The van der Waals surface area contributed by atoms with Gasteiger partial charge in [-0.1, -0.05) is 12.7 Å². The van der Waals surface area contributed by atoms with E-state index in [4.69, 9.17) is 0 Å². The van der Waals surface area contributed by atoms with Crippen LogP contribution in [0.5, 0.6) is 0 Å². The number of thioether (sulfide) groups is 1. The second-order valence-electron chi connectivity index (χ2n) is 3.04. The lowest BCUT2D eigenvalue weighted by Crippen LogP contribution is -1.98. The van der Waals surface area contributed by atoms with Crippen molar-refractivity contribution < 1.29 is 0 Å². The SMILES string of the molecule is C=CC1=C(SC)c2sccc2CC1. The standard InChI is InChI=1S/C11H12S2/c1-3-8-4-5-9-6-7-13-11(9)10(8)12-2/h3,6-7H,1,4-5H2,2H3. The summed E-state index contributed by atoms with van der Waals surface area (Å²) < 4.78 is 0. The Balaban J connectivity index is 2.54. The summed E-state index contributed by atoms with van der Waals surface area (Å²) in [6.45, 7) is 3.87. The minimum absolute atomic E-state index is 1.16. The van der Waals surface area contributed by atoms with Crippen molar-refractivity contribution in [2.24, 2.45) is 0 Å². The Morgan fingerprint density at radius 2 is 2.38 bits per heavy atom. The lowest BCUT2D eigenvalue weighted by atomic mass is 9.98. The fraction of sp³-hybridized carbons (Fsp3) is 0.273. The summed E-state index contributed by atoms with van der Waals surface area (Å²) in [5.74, 6) is 0. The first kappa shape index (κ1) is 9.10. The van der Waals surface area contributed by atoms with E-state index in [2.05, 4.69) is 24.3 Å². The molecule has 0 saturated carbocycles. The Bertz CT molecular complexity index is 358. The van der Waals surface area contributed by atoms with Gasteiger partial charge in [0.15, 0.2) is 0 Å². The van der Waals surface area contributed by atoms with Crippen molar-refractivity contribution in [3.8, 4) is 0 Å². The highest BCUT2D eigenvalue weighted by Crippen LogP contribution is 2.40. The molecular weight excluding hydrogens is 196 g/mol.